The number of aliphatic imine (C=N–C) groups is 1. The van der Waals surface area contributed by atoms with Crippen LogP contribution in [0.3, 0.4) is 0 Å². The van der Waals surface area contributed by atoms with E-state index in [1.807, 2.05) is 6.07 Å². The predicted molar refractivity (Wildman–Crippen MR) is 96.1 cm³/mol. The number of thiophene rings is 1. The molecule has 1 atom stereocenters. The van der Waals surface area contributed by atoms with Crippen LogP contribution < -0.4 is 10.6 Å². The molecule has 126 valence electrons. The van der Waals surface area contributed by atoms with Crippen molar-refractivity contribution in [2.24, 2.45) is 4.99 Å². The summed E-state index contributed by atoms with van der Waals surface area (Å²) in [6.07, 6.45) is 0. The van der Waals surface area contributed by atoms with E-state index in [4.69, 9.17) is 4.52 Å². The van der Waals surface area contributed by atoms with Crippen LogP contribution >= 0.6 is 11.3 Å². The van der Waals surface area contributed by atoms with Crippen molar-refractivity contribution in [2.45, 2.75) is 46.1 Å². The molecule has 0 aliphatic carbocycles. The lowest BCUT2D eigenvalue weighted by atomic mass is 10.1. The van der Waals surface area contributed by atoms with Gasteiger partial charge in [-0.15, -0.1) is 11.3 Å². The fraction of sp³-hybridized carbons (Fsp3) is 0.529. The highest BCUT2D eigenvalue weighted by molar-refractivity contribution is 7.10. The van der Waals surface area contributed by atoms with Crippen molar-refractivity contribution >= 4 is 17.3 Å². The van der Waals surface area contributed by atoms with Crippen LogP contribution in [0.5, 0.6) is 0 Å². The van der Waals surface area contributed by atoms with Gasteiger partial charge in [-0.3, -0.25) is 0 Å². The maximum absolute atomic E-state index is 5.33. The topological polar surface area (TPSA) is 62.5 Å². The second-order valence-corrected chi connectivity index (χ2v) is 6.84. The van der Waals surface area contributed by atoms with E-state index in [9.17, 15) is 0 Å². The number of aromatic nitrogens is 1. The van der Waals surface area contributed by atoms with Crippen molar-refractivity contribution in [1.82, 2.24) is 15.8 Å². The molecule has 0 aliphatic heterocycles. The van der Waals surface area contributed by atoms with E-state index in [0.717, 1.165) is 30.5 Å². The number of nitrogens with zero attached hydrogens (tertiary/aromatic N) is 2. The zero-order valence-electron chi connectivity index (χ0n) is 14.3. The minimum absolute atomic E-state index is 0.370. The van der Waals surface area contributed by atoms with Crippen LogP contribution in [-0.4, -0.2) is 24.2 Å². The summed E-state index contributed by atoms with van der Waals surface area (Å²) in [5.74, 6) is 2.42. The molecular formula is C17H26N4OS. The average Bonchev–Trinajstić information content (AvgIpc) is 3.20. The first kappa shape index (κ1) is 17.5. The number of rotatable bonds is 7. The monoisotopic (exact) mass is 334 g/mol. The molecule has 0 amide bonds. The SMILES string of the molecule is CCNC(=NCc1cc(C(C)C)no1)NCC(C)c1cccs1. The van der Waals surface area contributed by atoms with Crippen LogP contribution in [0, 0.1) is 0 Å². The molecule has 0 fully saturated rings. The van der Waals surface area contributed by atoms with Gasteiger partial charge < -0.3 is 15.2 Å². The maximum Gasteiger partial charge on any atom is 0.191 e. The van der Waals surface area contributed by atoms with E-state index >= 15 is 0 Å². The van der Waals surface area contributed by atoms with Gasteiger partial charge in [0.15, 0.2) is 11.7 Å². The van der Waals surface area contributed by atoms with Gasteiger partial charge in [0.05, 0.1) is 5.69 Å². The first-order chi connectivity index (χ1) is 11.1. The number of hydrogen-bond donors (Lipinski definition) is 2. The summed E-state index contributed by atoms with van der Waals surface area (Å²) in [5, 5.41) is 12.8. The number of nitrogens with one attached hydrogen (secondary N) is 2. The molecule has 0 radical (unpaired) electrons. The average molecular weight is 334 g/mol. The molecule has 2 N–H and O–H groups in total. The zero-order chi connectivity index (χ0) is 16.7. The van der Waals surface area contributed by atoms with E-state index in [-0.39, 0.29) is 0 Å². The van der Waals surface area contributed by atoms with E-state index in [1.54, 1.807) is 11.3 Å². The molecular weight excluding hydrogens is 308 g/mol. The van der Waals surface area contributed by atoms with Gasteiger partial charge in [0.2, 0.25) is 0 Å². The van der Waals surface area contributed by atoms with Gasteiger partial charge in [-0.1, -0.05) is 32.0 Å². The van der Waals surface area contributed by atoms with Gasteiger partial charge in [0.1, 0.15) is 6.54 Å². The molecule has 2 heterocycles. The fourth-order valence-electron chi connectivity index (χ4n) is 2.10. The van der Waals surface area contributed by atoms with Gasteiger partial charge in [-0.05, 0) is 24.3 Å². The van der Waals surface area contributed by atoms with Crippen LogP contribution in [0.1, 0.15) is 55.9 Å². The highest BCUT2D eigenvalue weighted by atomic mass is 32.1. The van der Waals surface area contributed by atoms with Gasteiger partial charge in [0.25, 0.3) is 0 Å². The van der Waals surface area contributed by atoms with Crippen molar-refractivity contribution in [2.75, 3.05) is 13.1 Å². The molecule has 0 saturated carbocycles. The highest BCUT2D eigenvalue weighted by Gasteiger charge is 2.09. The quantitative estimate of drug-likeness (QED) is 0.598. The highest BCUT2D eigenvalue weighted by Crippen LogP contribution is 2.19. The molecule has 5 nitrogen and oxygen atoms in total. The minimum Gasteiger partial charge on any atom is -0.359 e. The van der Waals surface area contributed by atoms with Crippen LogP contribution in [-0.2, 0) is 6.54 Å². The van der Waals surface area contributed by atoms with Gasteiger partial charge in [0, 0.05) is 30.0 Å². The summed E-state index contributed by atoms with van der Waals surface area (Å²) in [6.45, 7) is 10.6. The van der Waals surface area contributed by atoms with Crippen molar-refractivity contribution in [1.29, 1.82) is 0 Å². The molecule has 0 saturated heterocycles. The summed E-state index contributed by atoms with van der Waals surface area (Å²) >= 11 is 1.79. The lowest BCUT2D eigenvalue weighted by molar-refractivity contribution is 0.376. The summed E-state index contributed by atoms with van der Waals surface area (Å²) < 4.78 is 5.33. The molecule has 0 spiro atoms. The third-order valence-electron chi connectivity index (χ3n) is 3.51. The first-order valence-electron chi connectivity index (χ1n) is 8.11. The lowest BCUT2D eigenvalue weighted by Crippen LogP contribution is -2.39. The van der Waals surface area contributed by atoms with Crippen LogP contribution in [0.4, 0.5) is 0 Å². The molecule has 0 bridgehead atoms. The Kier molecular flexibility index (Phi) is 6.65. The Morgan fingerprint density at radius 2 is 2.17 bits per heavy atom. The molecule has 2 aromatic heterocycles. The minimum atomic E-state index is 0.370. The van der Waals surface area contributed by atoms with Crippen LogP contribution in [0.25, 0.3) is 0 Å². The summed E-state index contributed by atoms with van der Waals surface area (Å²) in [7, 11) is 0. The molecule has 6 heteroatoms. The Labute approximate surface area is 142 Å². The summed E-state index contributed by atoms with van der Waals surface area (Å²) in [6, 6.07) is 6.24. The second-order valence-electron chi connectivity index (χ2n) is 5.87. The van der Waals surface area contributed by atoms with Crippen molar-refractivity contribution in [3.8, 4) is 0 Å². The normalized spacial score (nSPS) is 13.3. The first-order valence-corrected chi connectivity index (χ1v) is 8.99. The van der Waals surface area contributed by atoms with Gasteiger partial charge >= 0.3 is 0 Å². The fourth-order valence-corrected chi connectivity index (χ4v) is 2.88. The third kappa shape index (κ3) is 5.39. The largest absolute Gasteiger partial charge is 0.359 e. The van der Waals surface area contributed by atoms with Crippen LogP contribution in [0.15, 0.2) is 33.1 Å². The number of guanidine groups is 1. The van der Waals surface area contributed by atoms with E-state index < -0.39 is 0 Å². The number of hydrogen-bond acceptors (Lipinski definition) is 4. The van der Waals surface area contributed by atoms with E-state index in [0.29, 0.717) is 18.4 Å². The van der Waals surface area contributed by atoms with Crippen molar-refractivity contribution < 1.29 is 4.52 Å². The standard InChI is InChI=1S/C17H26N4OS/c1-5-18-17(19-10-13(4)16-7-6-8-23-16)20-11-14-9-15(12(2)3)21-22-14/h6-9,12-13H,5,10-11H2,1-4H3,(H2,18,19,20). The van der Waals surface area contributed by atoms with E-state index in [1.165, 1.54) is 4.88 Å². The Morgan fingerprint density at radius 3 is 2.78 bits per heavy atom. The summed E-state index contributed by atoms with van der Waals surface area (Å²) in [4.78, 5) is 5.95. The maximum atomic E-state index is 5.33. The predicted octanol–water partition coefficient (Wildman–Crippen LogP) is 3.72. The van der Waals surface area contributed by atoms with Crippen LogP contribution in [0.2, 0.25) is 0 Å². The lowest BCUT2D eigenvalue weighted by Gasteiger charge is -2.14. The van der Waals surface area contributed by atoms with Crippen molar-refractivity contribution in [3.63, 3.8) is 0 Å². The molecule has 23 heavy (non-hydrogen) atoms. The Morgan fingerprint density at radius 1 is 1.35 bits per heavy atom. The third-order valence-corrected chi connectivity index (χ3v) is 4.61. The molecule has 2 aromatic rings. The second kappa shape index (κ2) is 8.72. The van der Waals surface area contributed by atoms with Gasteiger partial charge in [-0.25, -0.2) is 4.99 Å². The molecule has 1 unspecified atom stereocenters. The van der Waals surface area contributed by atoms with Crippen molar-refractivity contribution in [3.05, 3.63) is 39.9 Å². The molecule has 0 aliphatic rings. The Balaban J connectivity index is 1.91. The summed E-state index contributed by atoms with van der Waals surface area (Å²) in [5.41, 5.74) is 0.972. The van der Waals surface area contributed by atoms with E-state index in [2.05, 4.69) is 66.0 Å². The Bertz CT molecular complexity index is 604. The molecule has 0 aromatic carbocycles. The van der Waals surface area contributed by atoms with Gasteiger partial charge in [-0.2, -0.15) is 0 Å². The molecule has 2 rings (SSSR count). The smallest absolute Gasteiger partial charge is 0.191 e. The zero-order valence-corrected chi connectivity index (χ0v) is 15.1. The Hall–Kier alpha value is -1.82.